The molecule has 0 aliphatic carbocycles. The minimum absolute atomic E-state index is 0.344. The fourth-order valence-corrected chi connectivity index (χ4v) is 2.38. The number of ether oxygens (including phenoxy) is 1. The number of hydrogen-bond acceptors (Lipinski definition) is 4. The Bertz CT molecular complexity index is 788. The van der Waals surface area contributed by atoms with Crippen molar-refractivity contribution >= 4 is 17.0 Å². The number of hydrogen-bond donors (Lipinski definition) is 0. The standard InChI is InChI=1S/C15H16N4O2/c1-3-19-12(6-7-17-19)9-18-10-16-13-5-4-11(8-14(13)18)15(20)21-2/h4-8,10H,3,9H2,1-2H3. The van der Waals surface area contributed by atoms with E-state index in [1.54, 1.807) is 24.7 Å². The molecule has 0 bridgehead atoms. The zero-order chi connectivity index (χ0) is 14.8. The molecule has 2 heterocycles. The highest BCUT2D eigenvalue weighted by atomic mass is 16.5. The van der Waals surface area contributed by atoms with Crippen molar-refractivity contribution in [1.82, 2.24) is 19.3 Å². The number of methoxy groups -OCH3 is 1. The maximum Gasteiger partial charge on any atom is 0.337 e. The topological polar surface area (TPSA) is 61.9 Å². The van der Waals surface area contributed by atoms with E-state index in [1.807, 2.05) is 21.4 Å². The smallest absolute Gasteiger partial charge is 0.337 e. The van der Waals surface area contributed by atoms with Crippen LogP contribution in [-0.4, -0.2) is 32.4 Å². The second kappa shape index (κ2) is 5.40. The zero-order valence-corrected chi connectivity index (χ0v) is 12.0. The SMILES string of the molecule is CCn1nccc1Cn1cnc2ccc(C(=O)OC)cc21. The molecule has 3 rings (SSSR count). The first kappa shape index (κ1) is 13.4. The molecule has 0 saturated carbocycles. The van der Waals surface area contributed by atoms with E-state index in [0.29, 0.717) is 12.1 Å². The van der Waals surface area contributed by atoms with Crippen LogP contribution in [0.4, 0.5) is 0 Å². The van der Waals surface area contributed by atoms with Crippen LogP contribution >= 0.6 is 0 Å². The van der Waals surface area contributed by atoms with Crippen LogP contribution in [0, 0.1) is 0 Å². The van der Waals surface area contributed by atoms with Crippen molar-refractivity contribution < 1.29 is 9.53 Å². The largest absolute Gasteiger partial charge is 0.465 e. The van der Waals surface area contributed by atoms with Gasteiger partial charge >= 0.3 is 5.97 Å². The first-order valence-electron chi connectivity index (χ1n) is 6.77. The van der Waals surface area contributed by atoms with Crippen LogP contribution < -0.4 is 0 Å². The summed E-state index contributed by atoms with van der Waals surface area (Å²) in [7, 11) is 1.38. The molecule has 1 aromatic carbocycles. The highest BCUT2D eigenvalue weighted by molar-refractivity contribution is 5.93. The third-order valence-electron chi connectivity index (χ3n) is 3.48. The number of nitrogens with zero attached hydrogens (tertiary/aromatic N) is 4. The average Bonchev–Trinajstić information content (AvgIpc) is 3.13. The van der Waals surface area contributed by atoms with Gasteiger partial charge < -0.3 is 9.30 Å². The Morgan fingerprint density at radius 3 is 2.95 bits per heavy atom. The molecule has 0 fully saturated rings. The molecule has 6 nitrogen and oxygen atoms in total. The number of aromatic nitrogens is 4. The molecular weight excluding hydrogens is 268 g/mol. The summed E-state index contributed by atoms with van der Waals surface area (Å²) >= 11 is 0. The van der Waals surface area contributed by atoms with Crippen molar-refractivity contribution in [1.29, 1.82) is 0 Å². The number of imidazole rings is 1. The Labute approximate surface area is 122 Å². The minimum atomic E-state index is -0.344. The van der Waals surface area contributed by atoms with Gasteiger partial charge in [-0.15, -0.1) is 0 Å². The predicted molar refractivity (Wildman–Crippen MR) is 78.1 cm³/mol. The lowest BCUT2D eigenvalue weighted by Crippen LogP contribution is -2.07. The summed E-state index contributed by atoms with van der Waals surface area (Å²) in [6.45, 7) is 3.54. The molecule has 2 aromatic heterocycles. The molecule has 0 aliphatic rings. The van der Waals surface area contributed by atoms with Gasteiger partial charge in [0, 0.05) is 12.7 Å². The molecule has 0 N–H and O–H groups in total. The van der Waals surface area contributed by atoms with Gasteiger partial charge in [0.2, 0.25) is 0 Å². The Morgan fingerprint density at radius 2 is 2.19 bits per heavy atom. The highest BCUT2D eigenvalue weighted by Crippen LogP contribution is 2.17. The molecule has 108 valence electrons. The number of carbonyl (C=O) groups is 1. The summed E-state index contributed by atoms with van der Waals surface area (Å²) in [5.74, 6) is -0.344. The van der Waals surface area contributed by atoms with Gasteiger partial charge in [0.1, 0.15) is 0 Å². The molecule has 0 spiro atoms. The molecule has 21 heavy (non-hydrogen) atoms. The average molecular weight is 284 g/mol. The van der Waals surface area contributed by atoms with Gasteiger partial charge in [-0.25, -0.2) is 9.78 Å². The number of aryl methyl sites for hydroxylation is 1. The van der Waals surface area contributed by atoms with Gasteiger partial charge in [-0.05, 0) is 31.2 Å². The van der Waals surface area contributed by atoms with Crippen LogP contribution in [0.5, 0.6) is 0 Å². The molecule has 6 heteroatoms. The fourth-order valence-electron chi connectivity index (χ4n) is 2.38. The maximum absolute atomic E-state index is 11.6. The summed E-state index contributed by atoms with van der Waals surface area (Å²) in [6.07, 6.45) is 3.57. The van der Waals surface area contributed by atoms with Crippen molar-refractivity contribution in [3.8, 4) is 0 Å². The monoisotopic (exact) mass is 284 g/mol. The van der Waals surface area contributed by atoms with E-state index in [2.05, 4.69) is 17.0 Å². The fraction of sp³-hybridized carbons (Fsp3) is 0.267. The van der Waals surface area contributed by atoms with Crippen LogP contribution in [0.1, 0.15) is 23.0 Å². The van der Waals surface area contributed by atoms with E-state index >= 15 is 0 Å². The normalized spacial score (nSPS) is 11.0. The first-order valence-corrected chi connectivity index (χ1v) is 6.77. The predicted octanol–water partition coefficient (Wildman–Crippen LogP) is 2.09. The number of carbonyl (C=O) groups excluding carboxylic acids is 1. The Morgan fingerprint density at radius 1 is 1.33 bits per heavy atom. The lowest BCUT2D eigenvalue weighted by Gasteiger charge is -2.07. The Hall–Kier alpha value is -2.63. The molecule has 0 atom stereocenters. The van der Waals surface area contributed by atoms with Gasteiger partial charge in [-0.1, -0.05) is 0 Å². The third-order valence-corrected chi connectivity index (χ3v) is 3.48. The van der Waals surface area contributed by atoms with E-state index in [0.717, 1.165) is 23.3 Å². The Kier molecular flexibility index (Phi) is 3.43. The van der Waals surface area contributed by atoms with Crippen molar-refractivity contribution in [2.24, 2.45) is 0 Å². The minimum Gasteiger partial charge on any atom is -0.465 e. The molecule has 3 aromatic rings. The van der Waals surface area contributed by atoms with Crippen molar-refractivity contribution in [2.45, 2.75) is 20.0 Å². The summed E-state index contributed by atoms with van der Waals surface area (Å²) in [6, 6.07) is 7.34. The lowest BCUT2D eigenvalue weighted by atomic mass is 10.2. The molecule has 0 aliphatic heterocycles. The summed E-state index contributed by atoms with van der Waals surface area (Å²) in [5, 5.41) is 4.26. The van der Waals surface area contributed by atoms with E-state index in [9.17, 15) is 4.79 Å². The summed E-state index contributed by atoms with van der Waals surface area (Å²) < 4.78 is 8.71. The lowest BCUT2D eigenvalue weighted by molar-refractivity contribution is 0.0601. The maximum atomic E-state index is 11.6. The highest BCUT2D eigenvalue weighted by Gasteiger charge is 2.10. The van der Waals surface area contributed by atoms with Gasteiger partial charge in [0.15, 0.2) is 0 Å². The van der Waals surface area contributed by atoms with Crippen LogP contribution in [0.2, 0.25) is 0 Å². The summed E-state index contributed by atoms with van der Waals surface area (Å²) in [5.41, 5.74) is 3.38. The molecule has 0 amide bonds. The van der Waals surface area contributed by atoms with Crippen LogP contribution in [0.15, 0.2) is 36.8 Å². The van der Waals surface area contributed by atoms with Crippen LogP contribution in [0.3, 0.4) is 0 Å². The summed E-state index contributed by atoms with van der Waals surface area (Å²) in [4.78, 5) is 16.0. The van der Waals surface area contributed by atoms with Crippen LogP contribution in [-0.2, 0) is 17.8 Å². The quantitative estimate of drug-likeness (QED) is 0.688. The first-order chi connectivity index (χ1) is 10.2. The van der Waals surface area contributed by atoms with Gasteiger partial charge in [0.05, 0.1) is 42.3 Å². The second-order valence-electron chi connectivity index (χ2n) is 4.71. The number of esters is 1. The molecule has 0 radical (unpaired) electrons. The van der Waals surface area contributed by atoms with Crippen molar-refractivity contribution in [3.63, 3.8) is 0 Å². The van der Waals surface area contributed by atoms with E-state index in [4.69, 9.17) is 4.74 Å². The van der Waals surface area contributed by atoms with E-state index in [1.165, 1.54) is 7.11 Å². The second-order valence-corrected chi connectivity index (χ2v) is 4.71. The Balaban J connectivity index is 2.00. The molecule has 0 saturated heterocycles. The molecular formula is C15H16N4O2. The van der Waals surface area contributed by atoms with Gasteiger partial charge in [-0.2, -0.15) is 5.10 Å². The van der Waals surface area contributed by atoms with Gasteiger partial charge in [-0.3, -0.25) is 4.68 Å². The zero-order valence-electron chi connectivity index (χ0n) is 12.0. The van der Waals surface area contributed by atoms with Gasteiger partial charge in [0.25, 0.3) is 0 Å². The van der Waals surface area contributed by atoms with Crippen LogP contribution in [0.25, 0.3) is 11.0 Å². The van der Waals surface area contributed by atoms with Crippen molar-refractivity contribution in [2.75, 3.05) is 7.11 Å². The third kappa shape index (κ3) is 2.40. The number of fused-ring (bicyclic) bond motifs is 1. The number of rotatable bonds is 4. The number of benzene rings is 1. The van der Waals surface area contributed by atoms with Crippen molar-refractivity contribution in [3.05, 3.63) is 48.0 Å². The van der Waals surface area contributed by atoms with E-state index < -0.39 is 0 Å². The molecule has 0 unspecified atom stereocenters. The van der Waals surface area contributed by atoms with E-state index in [-0.39, 0.29) is 5.97 Å².